The van der Waals surface area contributed by atoms with Gasteiger partial charge in [-0.1, -0.05) is 13.0 Å². The lowest BCUT2D eigenvalue weighted by Gasteiger charge is -2.14. The summed E-state index contributed by atoms with van der Waals surface area (Å²) in [5.41, 5.74) is 0. The maximum absolute atomic E-state index is 12.8. The number of halogens is 1. The van der Waals surface area contributed by atoms with E-state index in [9.17, 15) is 9.18 Å². The third kappa shape index (κ3) is 3.86. The number of hydrogen-bond donors (Lipinski definition) is 2. The van der Waals surface area contributed by atoms with Crippen LogP contribution in [0.25, 0.3) is 0 Å². The summed E-state index contributed by atoms with van der Waals surface area (Å²) in [5.74, 6) is -1.07. The summed E-state index contributed by atoms with van der Waals surface area (Å²) in [7, 11) is 0. The number of likely N-dealkylation sites (N-methyl/N-ethyl adjacent to an activating group) is 1. The second-order valence-electron chi connectivity index (χ2n) is 3.22. The Morgan fingerprint density at radius 1 is 1.62 bits per heavy atom. The molecule has 0 aliphatic carbocycles. The molecule has 0 fully saturated rings. The molecule has 0 bridgehead atoms. The first-order valence-corrected chi connectivity index (χ1v) is 4.98. The lowest BCUT2D eigenvalue weighted by atomic mass is 10.3. The van der Waals surface area contributed by atoms with E-state index >= 15 is 0 Å². The summed E-state index contributed by atoms with van der Waals surface area (Å²) in [6.07, 6.45) is 0. The van der Waals surface area contributed by atoms with Crippen LogP contribution in [0, 0.1) is 5.82 Å². The van der Waals surface area contributed by atoms with Gasteiger partial charge in [0.05, 0.1) is 0 Å². The van der Waals surface area contributed by atoms with Crippen LogP contribution < -0.4 is 10.1 Å². The molecule has 2 N–H and O–H groups in total. The summed E-state index contributed by atoms with van der Waals surface area (Å²) in [4.78, 5) is 10.8. The van der Waals surface area contributed by atoms with Gasteiger partial charge in [0, 0.05) is 6.07 Å². The molecule has 1 aromatic carbocycles. The van der Waals surface area contributed by atoms with Gasteiger partial charge in [0.25, 0.3) is 0 Å². The molecule has 0 aliphatic heterocycles. The van der Waals surface area contributed by atoms with Crippen LogP contribution >= 0.6 is 0 Å². The average molecular weight is 227 g/mol. The van der Waals surface area contributed by atoms with Crippen LogP contribution in [0.1, 0.15) is 6.92 Å². The molecular weight excluding hydrogens is 213 g/mol. The Morgan fingerprint density at radius 3 is 2.94 bits per heavy atom. The predicted molar refractivity (Wildman–Crippen MR) is 57.0 cm³/mol. The molecule has 0 heterocycles. The number of ether oxygens (including phenoxy) is 1. The summed E-state index contributed by atoms with van der Waals surface area (Å²) < 4.78 is 18.0. The van der Waals surface area contributed by atoms with Crippen molar-refractivity contribution >= 4 is 5.97 Å². The van der Waals surface area contributed by atoms with Gasteiger partial charge in [0.1, 0.15) is 24.2 Å². The first-order chi connectivity index (χ1) is 7.63. The summed E-state index contributed by atoms with van der Waals surface area (Å²) >= 11 is 0. The van der Waals surface area contributed by atoms with Crippen molar-refractivity contribution in [3.05, 3.63) is 30.1 Å². The molecule has 0 amide bonds. The number of benzene rings is 1. The van der Waals surface area contributed by atoms with E-state index in [1.165, 1.54) is 18.2 Å². The zero-order valence-corrected chi connectivity index (χ0v) is 8.94. The second-order valence-corrected chi connectivity index (χ2v) is 3.22. The summed E-state index contributed by atoms with van der Waals surface area (Å²) in [5, 5.41) is 11.6. The minimum absolute atomic E-state index is 0.0351. The Morgan fingerprint density at radius 2 is 2.38 bits per heavy atom. The zero-order chi connectivity index (χ0) is 12.0. The Labute approximate surface area is 93.0 Å². The molecule has 5 heteroatoms. The quantitative estimate of drug-likeness (QED) is 0.768. The van der Waals surface area contributed by atoms with Crippen molar-refractivity contribution in [1.29, 1.82) is 0 Å². The number of hydrogen-bond acceptors (Lipinski definition) is 3. The highest BCUT2D eigenvalue weighted by atomic mass is 19.1. The van der Waals surface area contributed by atoms with E-state index < -0.39 is 17.8 Å². The Bertz CT molecular complexity index is 357. The van der Waals surface area contributed by atoms with Gasteiger partial charge < -0.3 is 15.2 Å². The van der Waals surface area contributed by atoms with Crippen molar-refractivity contribution < 1.29 is 19.0 Å². The van der Waals surface area contributed by atoms with Crippen molar-refractivity contribution in [2.45, 2.75) is 13.0 Å². The molecule has 1 atom stereocenters. The zero-order valence-electron chi connectivity index (χ0n) is 8.94. The Hall–Kier alpha value is -1.62. The molecule has 0 unspecified atom stereocenters. The third-order valence-corrected chi connectivity index (χ3v) is 1.96. The number of aliphatic carboxylic acids is 1. The molecule has 0 aromatic heterocycles. The van der Waals surface area contributed by atoms with Crippen LogP contribution in [0.4, 0.5) is 4.39 Å². The first kappa shape index (κ1) is 12.4. The highest BCUT2D eigenvalue weighted by Crippen LogP contribution is 2.11. The minimum Gasteiger partial charge on any atom is -0.491 e. The maximum Gasteiger partial charge on any atom is 0.324 e. The number of carboxylic acid groups (broad SMARTS) is 1. The lowest BCUT2D eigenvalue weighted by Crippen LogP contribution is -2.41. The van der Waals surface area contributed by atoms with E-state index in [1.54, 1.807) is 13.0 Å². The smallest absolute Gasteiger partial charge is 0.324 e. The second kappa shape index (κ2) is 6.07. The van der Waals surface area contributed by atoms with Gasteiger partial charge in [-0.25, -0.2) is 4.39 Å². The largest absolute Gasteiger partial charge is 0.491 e. The predicted octanol–water partition coefficient (Wildman–Crippen LogP) is 1.27. The molecule has 16 heavy (non-hydrogen) atoms. The Kier molecular flexibility index (Phi) is 4.72. The van der Waals surface area contributed by atoms with Crippen LogP contribution in [0.2, 0.25) is 0 Å². The fourth-order valence-electron chi connectivity index (χ4n) is 1.20. The fourth-order valence-corrected chi connectivity index (χ4v) is 1.20. The highest BCUT2D eigenvalue weighted by Gasteiger charge is 2.16. The van der Waals surface area contributed by atoms with E-state index in [4.69, 9.17) is 9.84 Å². The molecule has 1 aromatic rings. The molecule has 0 saturated heterocycles. The maximum atomic E-state index is 12.8. The van der Waals surface area contributed by atoms with Gasteiger partial charge >= 0.3 is 5.97 Å². The topological polar surface area (TPSA) is 58.6 Å². The van der Waals surface area contributed by atoms with Crippen LogP contribution in [0.15, 0.2) is 24.3 Å². The highest BCUT2D eigenvalue weighted by molar-refractivity contribution is 5.73. The fraction of sp³-hybridized carbons (Fsp3) is 0.364. The minimum atomic E-state index is -0.988. The van der Waals surface area contributed by atoms with Gasteiger partial charge in [-0.15, -0.1) is 0 Å². The average Bonchev–Trinajstić information content (AvgIpc) is 2.24. The van der Waals surface area contributed by atoms with Crippen molar-refractivity contribution in [2.75, 3.05) is 13.2 Å². The number of carbonyl (C=O) groups is 1. The van der Waals surface area contributed by atoms with E-state index in [2.05, 4.69) is 5.32 Å². The van der Waals surface area contributed by atoms with Crippen LogP contribution in [-0.2, 0) is 4.79 Å². The van der Waals surface area contributed by atoms with Crippen LogP contribution in [0.5, 0.6) is 5.75 Å². The van der Waals surface area contributed by atoms with Crippen molar-refractivity contribution in [2.24, 2.45) is 0 Å². The first-order valence-electron chi connectivity index (χ1n) is 4.98. The number of rotatable bonds is 6. The van der Waals surface area contributed by atoms with Gasteiger partial charge in [-0.3, -0.25) is 4.79 Å². The molecule has 4 nitrogen and oxygen atoms in total. The van der Waals surface area contributed by atoms with Crippen molar-refractivity contribution in [3.8, 4) is 5.75 Å². The van der Waals surface area contributed by atoms with Gasteiger partial charge in [0.15, 0.2) is 0 Å². The van der Waals surface area contributed by atoms with E-state index in [0.717, 1.165) is 0 Å². The SMILES string of the molecule is CCN[C@@H](COc1cccc(F)c1)C(=O)O. The van der Waals surface area contributed by atoms with E-state index in [1.807, 2.05) is 0 Å². The normalized spacial score (nSPS) is 12.1. The molecule has 0 aliphatic rings. The molecule has 1 rings (SSSR count). The van der Waals surface area contributed by atoms with Gasteiger partial charge in [0.2, 0.25) is 0 Å². The van der Waals surface area contributed by atoms with Gasteiger partial charge in [-0.2, -0.15) is 0 Å². The molecule has 0 radical (unpaired) electrons. The molecule has 88 valence electrons. The lowest BCUT2D eigenvalue weighted by molar-refractivity contribution is -0.140. The molecule has 0 spiro atoms. The Balaban J connectivity index is 2.51. The monoisotopic (exact) mass is 227 g/mol. The molecule has 0 saturated carbocycles. The van der Waals surface area contributed by atoms with Gasteiger partial charge in [-0.05, 0) is 18.7 Å². The third-order valence-electron chi connectivity index (χ3n) is 1.96. The van der Waals surface area contributed by atoms with Crippen LogP contribution in [-0.4, -0.2) is 30.3 Å². The summed E-state index contributed by atoms with van der Waals surface area (Å²) in [6.45, 7) is 2.30. The van der Waals surface area contributed by atoms with Crippen LogP contribution in [0.3, 0.4) is 0 Å². The van der Waals surface area contributed by atoms with E-state index in [0.29, 0.717) is 12.3 Å². The standard InChI is InChI=1S/C11H14FNO3/c1-2-13-10(11(14)15)7-16-9-5-3-4-8(12)6-9/h3-6,10,13H,2,7H2,1H3,(H,14,15)/t10-/m0/s1. The number of nitrogens with one attached hydrogen (secondary N) is 1. The van der Waals surface area contributed by atoms with Crippen molar-refractivity contribution in [1.82, 2.24) is 5.32 Å². The summed E-state index contributed by atoms with van der Waals surface area (Å²) in [6, 6.07) is 4.81. The van der Waals surface area contributed by atoms with E-state index in [-0.39, 0.29) is 6.61 Å². The number of carboxylic acids is 1. The van der Waals surface area contributed by atoms with Crippen molar-refractivity contribution in [3.63, 3.8) is 0 Å². The molecular formula is C11H14FNO3.